The molecule has 0 saturated heterocycles. The summed E-state index contributed by atoms with van der Waals surface area (Å²) in [4.78, 5) is 36.8. The van der Waals surface area contributed by atoms with Gasteiger partial charge in [0.1, 0.15) is 11.5 Å². The van der Waals surface area contributed by atoms with Crippen LogP contribution in [0.2, 0.25) is 0 Å². The van der Waals surface area contributed by atoms with Gasteiger partial charge < -0.3 is 19.7 Å². The third kappa shape index (κ3) is 6.67. The largest absolute Gasteiger partial charge is 0.481 e. The fraction of sp³-hybridized carbons (Fsp3) is 0.270. The van der Waals surface area contributed by atoms with Crippen molar-refractivity contribution in [3.05, 3.63) is 125 Å². The standard InChI is InChI=1S/C37H36O7/c1-24-20-30(22-25(2)27-8-10-28(11-9-27)34(38)39)37(36(41)42)18-16-26(23-31(37)21-24)17-19-43-35(40)29-12-14-33(15-13-29)44-32-6-4-3-5-7-32/h3-16,18,20,22,26,30-31H,17,19,21,23H2,1-2H3,(H,38,39)(H,41,42)/b25-22+/t26-,30-,31-,37+/m0/s1. The molecule has 2 aliphatic rings. The van der Waals surface area contributed by atoms with Crippen LogP contribution >= 0.6 is 0 Å². The zero-order valence-electron chi connectivity index (χ0n) is 24.8. The number of rotatable bonds is 10. The van der Waals surface area contributed by atoms with Gasteiger partial charge in [0.2, 0.25) is 0 Å². The van der Waals surface area contributed by atoms with E-state index in [0.29, 0.717) is 36.3 Å². The molecular formula is C37H36O7. The highest BCUT2D eigenvalue weighted by atomic mass is 16.5. The molecule has 4 atom stereocenters. The van der Waals surface area contributed by atoms with E-state index in [1.54, 1.807) is 48.5 Å². The van der Waals surface area contributed by atoms with Gasteiger partial charge in [-0.2, -0.15) is 0 Å². The van der Waals surface area contributed by atoms with Crippen molar-refractivity contribution >= 4 is 23.5 Å². The van der Waals surface area contributed by atoms with E-state index in [9.17, 15) is 24.6 Å². The average molecular weight is 593 g/mol. The van der Waals surface area contributed by atoms with E-state index < -0.39 is 23.3 Å². The van der Waals surface area contributed by atoms with Gasteiger partial charge >= 0.3 is 17.9 Å². The molecule has 226 valence electrons. The Labute approximate surface area is 257 Å². The van der Waals surface area contributed by atoms with Gasteiger partial charge in [-0.1, -0.05) is 60.2 Å². The van der Waals surface area contributed by atoms with Crippen LogP contribution in [0.25, 0.3) is 5.57 Å². The van der Waals surface area contributed by atoms with E-state index in [1.807, 2.05) is 68.5 Å². The number of para-hydroxylation sites is 1. The highest BCUT2D eigenvalue weighted by Crippen LogP contribution is 2.52. The molecule has 0 bridgehead atoms. The Balaban J connectivity index is 1.23. The van der Waals surface area contributed by atoms with Gasteiger partial charge in [0.25, 0.3) is 0 Å². The van der Waals surface area contributed by atoms with Crippen molar-refractivity contribution < 1.29 is 34.1 Å². The minimum absolute atomic E-state index is 0.0853. The van der Waals surface area contributed by atoms with Crippen LogP contribution in [0.5, 0.6) is 11.5 Å². The Morgan fingerprint density at radius 2 is 1.52 bits per heavy atom. The molecular weight excluding hydrogens is 556 g/mol. The molecule has 44 heavy (non-hydrogen) atoms. The van der Waals surface area contributed by atoms with Crippen LogP contribution in [0.4, 0.5) is 0 Å². The molecule has 5 rings (SSSR count). The third-order valence-electron chi connectivity index (χ3n) is 8.67. The second kappa shape index (κ2) is 13.2. The Hall–Kier alpha value is -4.91. The number of aromatic carboxylic acids is 1. The van der Waals surface area contributed by atoms with Crippen molar-refractivity contribution in [1.82, 2.24) is 0 Å². The summed E-state index contributed by atoms with van der Waals surface area (Å²) < 4.78 is 11.4. The number of aliphatic carboxylic acids is 1. The summed E-state index contributed by atoms with van der Waals surface area (Å²) in [5, 5.41) is 19.8. The fourth-order valence-corrected chi connectivity index (χ4v) is 6.31. The van der Waals surface area contributed by atoms with Crippen LogP contribution in [-0.2, 0) is 9.53 Å². The van der Waals surface area contributed by atoms with E-state index in [2.05, 4.69) is 0 Å². The van der Waals surface area contributed by atoms with Crippen molar-refractivity contribution in [3.8, 4) is 11.5 Å². The van der Waals surface area contributed by atoms with E-state index in [1.165, 1.54) is 0 Å². The van der Waals surface area contributed by atoms with Crippen molar-refractivity contribution in [3.63, 3.8) is 0 Å². The van der Waals surface area contributed by atoms with E-state index in [-0.39, 0.29) is 29.9 Å². The minimum Gasteiger partial charge on any atom is -0.481 e. The van der Waals surface area contributed by atoms with E-state index in [4.69, 9.17) is 9.47 Å². The number of hydrogen-bond acceptors (Lipinski definition) is 5. The maximum absolute atomic E-state index is 12.9. The summed E-state index contributed by atoms with van der Waals surface area (Å²) in [6.07, 6.45) is 9.81. The molecule has 7 nitrogen and oxygen atoms in total. The van der Waals surface area contributed by atoms with Gasteiger partial charge in [0.15, 0.2) is 0 Å². The van der Waals surface area contributed by atoms with Crippen LogP contribution in [-0.4, -0.2) is 34.7 Å². The van der Waals surface area contributed by atoms with Gasteiger partial charge in [-0.05, 0) is 105 Å². The van der Waals surface area contributed by atoms with E-state index in [0.717, 1.165) is 16.7 Å². The lowest BCUT2D eigenvalue weighted by Crippen LogP contribution is -2.47. The summed E-state index contributed by atoms with van der Waals surface area (Å²) in [5.41, 5.74) is 2.43. The minimum atomic E-state index is -1.08. The SMILES string of the molecule is CC1=C[C@@H](/C=C(\C)c2ccc(C(=O)O)cc2)[C@]2(C(=O)O)C=C[C@@H](CCOC(=O)c3ccc(Oc4ccccc4)cc3)C[C@@H]2C1. The first-order valence-electron chi connectivity index (χ1n) is 14.8. The second-order valence-corrected chi connectivity index (χ2v) is 11.6. The molecule has 0 fully saturated rings. The Kier molecular flexibility index (Phi) is 9.14. The number of ether oxygens (including phenoxy) is 2. The van der Waals surface area contributed by atoms with Gasteiger partial charge in [-0.3, -0.25) is 4.79 Å². The fourth-order valence-electron chi connectivity index (χ4n) is 6.31. The highest BCUT2D eigenvalue weighted by Gasteiger charge is 2.52. The quantitative estimate of drug-likeness (QED) is 0.181. The predicted octanol–water partition coefficient (Wildman–Crippen LogP) is 8.06. The number of carboxylic acids is 2. The maximum Gasteiger partial charge on any atom is 0.338 e. The molecule has 0 heterocycles. The number of benzene rings is 3. The van der Waals surface area contributed by atoms with Crippen LogP contribution in [0.3, 0.4) is 0 Å². The van der Waals surface area contributed by atoms with Gasteiger partial charge in [-0.15, -0.1) is 0 Å². The lowest BCUT2D eigenvalue weighted by Gasteiger charge is -2.46. The molecule has 0 aliphatic heterocycles. The molecule has 3 aromatic carbocycles. The Morgan fingerprint density at radius 3 is 2.18 bits per heavy atom. The van der Waals surface area contributed by atoms with Crippen molar-refractivity contribution in [2.75, 3.05) is 6.61 Å². The zero-order chi connectivity index (χ0) is 31.3. The van der Waals surface area contributed by atoms with Gasteiger partial charge in [0, 0.05) is 5.92 Å². The number of carboxylic acid groups (broad SMARTS) is 2. The normalized spacial score (nSPS) is 22.8. The van der Waals surface area contributed by atoms with Gasteiger partial charge in [-0.25, -0.2) is 9.59 Å². The summed E-state index contributed by atoms with van der Waals surface area (Å²) in [7, 11) is 0. The molecule has 0 spiro atoms. The number of allylic oxidation sites excluding steroid dienone is 5. The van der Waals surface area contributed by atoms with Crippen LogP contribution < -0.4 is 4.74 Å². The van der Waals surface area contributed by atoms with Crippen molar-refractivity contribution in [2.45, 2.75) is 33.1 Å². The average Bonchev–Trinajstić information content (AvgIpc) is 3.01. The molecule has 0 aromatic heterocycles. The summed E-state index contributed by atoms with van der Waals surface area (Å²) in [6, 6.07) is 22.8. The first-order chi connectivity index (χ1) is 21.2. The predicted molar refractivity (Wildman–Crippen MR) is 168 cm³/mol. The third-order valence-corrected chi connectivity index (χ3v) is 8.67. The van der Waals surface area contributed by atoms with Crippen LogP contribution in [0.1, 0.15) is 59.4 Å². The Bertz CT molecular complexity index is 1600. The molecule has 0 amide bonds. The van der Waals surface area contributed by atoms with Crippen LogP contribution in [0, 0.1) is 23.2 Å². The number of fused-ring (bicyclic) bond motifs is 1. The van der Waals surface area contributed by atoms with E-state index >= 15 is 0 Å². The van der Waals surface area contributed by atoms with Crippen molar-refractivity contribution in [2.24, 2.45) is 23.2 Å². The molecule has 7 heteroatoms. The maximum atomic E-state index is 12.9. The molecule has 0 unspecified atom stereocenters. The summed E-state index contributed by atoms with van der Waals surface area (Å²) in [5.74, 6) is -1.31. The molecule has 0 radical (unpaired) electrons. The molecule has 2 aliphatic carbocycles. The lowest BCUT2D eigenvalue weighted by atomic mass is 9.56. The zero-order valence-corrected chi connectivity index (χ0v) is 24.8. The smallest absolute Gasteiger partial charge is 0.338 e. The molecule has 3 aromatic rings. The Morgan fingerprint density at radius 1 is 0.886 bits per heavy atom. The monoisotopic (exact) mass is 592 g/mol. The molecule has 2 N–H and O–H groups in total. The highest BCUT2D eigenvalue weighted by molar-refractivity contribution is 5.89. The summed E-state index contributed by atoms with van der Waals surface area (Å²) >= 11 is 0. The number of hydrogen-bond donors (Lipinski definition) is 2. The lowest BCUT2D eigenvalue weighted by molar-refractivity contribution is -0.152. The first kappa shape index (κ1) is 30.5. The number of carbonyl (C=O) groups is 3. The van der Waals surface area contributed by atoms with Crippen LogP contribution in [0.15, 0.2) is 109 Å². The first-order valence-corrected chi connectivity index (χ1v) is 14.8. The number of esters is 1. The van der Waals surface area contributed by atoms with Gasteiger partial charge in [0.05, 0.1) is 23.1 Å². The second-order valence-electron chi connectivity index (χ2n) is 11.6. The molecule has 0 saturated carbocycles. The topological polar surface area (TPSA) is 110 Å². The van der Waals surface area contributed by atoms with Crippen molar-refractivity contribution in [1.29, 1.82) is 0 Å². The summed E-state index contributed by atoms with van der Waals surface area (Å²) in [6.45, 7) is 4.19. The number of carbonyl (C=O) groups excluding carboxylic acids is 1.